The third kappa shape index (κ3) is 3.60. The summed E-state index contributed by atoms with van der Waals surface area (Å²) in [5.74, 6) is -1.22. The molecule has 0 amide bonds. The summed E-state index contributed by atoms with van der Waals surface area (Å²) < 4.78 is 13.0. The van der Waals surface area contributed by atoms with E-state index in [0.29, 0.717) is 0 Å². The quantitative estimate of drug-likeness (QED) is 0.857. The van der Waals surface area contributed by atoms with Crippen molar-refractivity contribution in [3.8, 4) is 0 Å². The number of aryl methyl sites for hydroxylation is 1. The van der Waals surface area contributed by atoms with Crippen molar-refractivity contribution >= 4 is 11.7 Å². The maximum atomic E-state index is 13.0. The molecule has 0 radical (unpaired) electrons. The van der Waals surface area contributed by atoms with Crippen LogP contribution in [0, 0.1) is 12.7 Å². The zero-order valence-electron chi connectivity index (χ0n) is 12.1. The molecule has 21 heavy (non-hydrogen) atoms. The number of hydrogen-bond acceptors (Lipinski definition) is 2. The normalized spacial score (nSPS) is 12.0. The Labute approximate surface area is 123 Å². The van der Waals surface area contributed by atoms with Crippen LogP contribution in [0.3, 0.4) is 0 Å². The predicted octanol–water partition coefficient (Wildman–Crippen LogP) is 4.40. The molecule has 0 heterocycles. The maximum Gasteiger partial charge on any atom is 0.335 e. The number of benzene rings is 2. The Hall–Kier alpha value is -2.36. The molecule has 0 aliphatic heterocycles. The molecule has 2 aromatic carbocycles. The Balaban J connectivity index is 2.28. The van der Waals surface area contributed by atoms with Crippen molar-refractivity contribution in [1.82, 2.24) is 0 Å². The van der Waals surface area contributed by atoms with Crippen molar-refractivity contribution in [2.45, 2.75) is 26.3 Å². The highest BCUT2D eigenvalue weighted by atomic mass is 19.1. The molecule has 2 rings (SSSR count). The molecule has 0 aromatic heterocycles. The van der Waals surface area contributed by atoms with Crippen LogP contribution in [0.25, 0.3) is 0 Å². The number of carbonyl (C=O) groups is 1. The van der Waals surface area contributed by atoms with Gasteiger partial charge >= 0.3 is 5.97 Å². The summed E-state index contributed by atoms with van der Waals surface area (Å²) in [7, 11) is 0. The maximum absolute atomic E-state index is 13.0. The number of nitrogens with one attached hydrogen (secondary N) is 1. The highest BCUT2D eigenvalue weighted by Crippen LogP contribution is 2.26. The molecule has 3 nitrogen and oxygen atoms in total. The SMILES string of the molecule is CCC(Nc1cc(C(=O)O)ccc1C)c1ccc(F)cc1. The van der Waals surface area contributed by atoms with Gasteiger partial charge in [-0.05, 0) is 48.7 Å². The van der Waals surface area contributed by atoms with E-state index in [1.807, 2.05) is 13.8 Å². The Morgan fingerprint density at radius 2 is 1.90 bits per heavy atom. The molecular formula is C17H18FNO2. The summed E-state index contributed by atoms with van der Waals surface area (Å²) in [4.78, 5) is 11.1. The second-order valence-corrected chi connectivity index (χ2v) is 4.99. The molecule has 4 heteroatoms. The fourth-order valence-corrected chi connectivity index (χ4v) is 2.21. The molecule has 0 bridgehead atoms. The van der Waals surface area contributed by atoms with Crippen molar-refractivity contribution in [1.29, 1.82) is 0 Å². The lowest BCUT2D eigenvalue weighted by Crippen LogP contribution is -2.11. The first-order chi connectivity index (χ1) is 10.0. The first-order valence-electron chi connectivity index (χ1n) is 6.87. The lowest BCUT2D eigenvalue weighted by molar-refractivity contribution is 0.0697. The number of carboxylic acids is 1. The molecule has 0 aliphatic carbocycles. The molecule has 110 valence electrons. The smallest absolute Gasteiger partial charge is 0.335 e. The number of rotatable bonds is 5. The van der Waals surface area contributed by atoms with Crippen molar-refractivity contribution < 1.29 is 14.3 Å². The van der Waals surface area contributed by atoms with Gasteiger partial charge in [0, 0.05) is 5.69 Å². The van der Waals surface area contributed by atoms with Gasteiger partial charge in [0.05, 0.1) is 11.6 Å². The molecule has 0 spiro atoms. The van der Waals surface area contributed by atoms with Crippen LogP contribution in [0.2, 0.25) is 0 Å². The van der Waals surface area contributed by atoms with Gasteiger partial charge in [-0.2, -0.15) is 0 Å². The van der Waals surface area contributed by atoms with E-state index in [1.54, 1.807) is 30.3 Å². The zero-order chi connectivity index (χ0) is 15.4. The summed E-state index contributed by atoms with van der Waals surface area (Å²) in [5, 5.41) is 12.4. The number of halogens is 1. The number of anilines is 1. The summed E-state index contributed by atoms with van der Waals surface area (Å²) in [6.45, 7) is 3.95. The van der Waals surface area contributed by atoms with Gasteiger partial charge in [0.1, 0.15) is 5.82 Å². The third-order valence-corrected chi connectivity index (χ3v) is 3.49. The molecule has 1 atom stereocenters. The second kappa shape index (κ2) is 6.39. The average molecular weight is 287 g/mol. The minimum atomic E-state index is -0.951. The Morgan fingerprint density at radius 1 is 1.24 bits per heavy atom. The number of hydrogen-bond donors (Lipinski definition) is 2. The van der Waals surface area contributed by atoms with Gasteiger partial charge in [0.15, 0.2) is 0 Å². The van der Waals surface area contributed by atoms with Gasteiger partial charge in [0.25, 0.3) is 0 Å². The molecule has 2 N–H and O–H groups in total. The monoisotopic (exact) mass is 287 g/mol. The van der Waals surface area contributed by atoms with E-state index in [-0.39, 0.29) is 17.4 Å². The largest absolute Gasteiger partial charge is 0.478 e. The van der Waals surface area contributed by atoms with E-state index in [9.17, 15) is 9.18 Å². The Kier molecular flexibility index (Phi) is 4.58. The van der Waals surface area contributed by atoms with E-state index in [2.05, 4.69) is 5.32 Å². The summed E-state index contributed by atoms with van der Waals surface area (Å²) in [6, 6.07) is 11.3. The van der Waals surface area contributed by atoms with E-state index in [4.69, 9.17) is 5.11 Å². The minimum absolute atomic E-state index is 0.00773. The number of carboxylic acid groups (broad SMARTS) is 1. The van der Waals surface area contributed by atoms with Crippen LogP contribution in [-0.2, 0) is 0 Å². The third-order valence-electron chi connectivity index (χ3n) is 3.49. The van der Waals surface area contributed by atoms with E-state index in [0.717, 1.165) is 23.2 Å². The molecule has 0 saturated heterocycles. The lowest BCUT2D eigenvalue weighted by atomic mass is 10.0. The predicted molar refractivity (Wildman–Crippen MR) is 81.2 cm³/mol. The zero-order valence-corrected chi connectivity index (χ0v) is 12.1. The van der Waals surface area contributed by atoms with Crippen LogP contribution < -0.4 is 5.32 Å². The van der Waals surface area contributed by atoms with Gasteiger partial charge in [-0.25, -0.2) is 9.18 Å². The van der Waals surface area contributed by atoms with Crippen molar-refractivity contribution in [2.75, 3.05) is 5.32 Å². The summed E-state index contributed by atoms with van der Waals surface area (Å²) in [5.41, 5.74) is 2.97. The first kappa shape index (κ1) is 15.0. The van der Waals surface area contributed by atoms with Crippen molar-refractivity contribution in [3.05, 3.63) is 65.0 Å². The van der Waals surface area contributed by atoms with Crippen LogP contribution in [0.1, 0.15) is 40.9 Å². The van der Waals surface area contributed by atoms with Gasteiger partial charge < -0.3 is 10.4 Å². The van der Waals surface area contributed by atoms with E-state index < -0.39 is 5.97 Å². The number of aromatic carboxylic acids is 1. The van der Waals surface area contributed by atoms with E-state index >= 15 is 0 Å². The highest BCUT2D eigenvalue weighted by molar-refractivity contribution is 5.89. The molecule has 1 unspecified atom stereocenters. The van der Waals surface area contributed by atoms with Gasteiger partial charge in [-0.3, -0.25) is 0 Å². The fraction of sp³-hybridized carbons (Fsp3) is 0.235. The molecule has 0 fully saturated rings. The summed E-state index contributed by atoms with van der Waals surface area (Å²) >= 11 is 0. The van der Waals surface area contributed by atoms with E-state index in [1.165, 1.54) is 12.1 Å². The Morgan fingerprint density at radius 3 is 2.48 bits per heavy atom. The van der Waals surface area contributed by atoms with Crippen LogP contribution in [0.5, 0.6) is 0 Å². The molecule has 0 saturated carbocycles. The van der Waals surface area contributed by atoms with Crippen molar-refractivity contribution in [2.24, 2.45) is 0 Å². The molecular weight excluding hydrogens is 269 g/mol. The topological polar surface area (TPSA) is 49.3 Å². The summed E-state index contributed by atoms with van der Waals surface area (Å²) in [6.07, 6.45) is 0.808. The highest BCUT2D eigenvalue weighted by Gasteiger charge is 2.12. The molecule has 0 aliphatic rings. The molecule has 2 aromatic rings. The van der Waals surface area contributed by atoms with Gasteiger partial charge in [-0.15, -0.1) is 0 Å². The second-order valence-electron chi connectivity index (χ2n) is 4.99. The lowest BCUT2D eigenvalue weighted by Gasteiger charge is -2.20. The first-order valence-corrected chi connectivity index (χ1v) is 6.87. The fourth-order valence-electron chi connectivity index (χ4n) is 2.21. The average Bonchev–Trinajstić information content (AvgIpc) is 2.47. The van der Waals surface area contributed by atoms with Crippen LogP contribution in [-0.4, -0.2) is 11.1 Å². The van der Waals surface area contributed by atoms with Crippen LogP contribution >= 0.6 is 0 Å². The standard InChI is InChI=1S/C17H18FNO2/c1-3-15(12-6-8-14(18)9-7-12)19-16-10-13(17(20)21)5-4-11(16)2/h4-10,15,19H,3H2,1-2H3,(H,20,21). The van der Waals surface area contributed by atoms with Crippen LogP contribution in [0.4, 0.5) is 10.1 Å². The minimum Gasteiger partial charge on any atom is -0.478 e. The van der Waals surface area contributed by atoms with Gasteiger partial charge in [0.2, 0.25) is 0 Å². The van der Waals surface area contributed by atoms with Crippen LogP contribution in [0.15, 0.2) is 42.5 Å². The Bertz CT molecular complexity index is 638. The van der Waals surface area contributed by atoms with Gasteiger partial charge in [-0.1, -0.05) is 25.1 Å². The van der Waals surface area contributed by atoms with Crippen molar-refractivity contribution in [3.63, 3.8) is 0 Å².